The molecule has 0 saturated carbocycles. The number of benzene rings is 1. The van der Waals surface area contributed by atoms with Crippen LogP contribution in [0, 0.1) is 6.92 Å². The van der Waals surface area contributed by atoms with Gasteiger partial charge in [-0.25, -0.2) is 4.98 Å². The molecular formula is C17H14N4. The van der Waals surface area contributed by atoms with Gasteiger partial charge in [0.1, 0.15) is 5.82 Å². The molecule has 102 valence electrons. The van der Waals surface area contributed by atoms with Gasteiger partial charge in [-0.05, 0) is 36.8 Å². The van der Waals surface area contributed by atoms with Crippen LogP contribution >= 0.6 is 0 Å². The summed E-state index contributed by atoms with van der Waals surface area (Å²) in [4.78, 5) is 8.77. The van der Waals surface area contributed by atoms with Crippen molar-refractivity contribution in [1.82, 2.24) is 14.5 Å². The van der Waals surface area contributed by atoms with Gasteiger partial charge in [0.2, 0.25) is 0 Å². The van der Waals surface area contributed by atoms with E-state index < -0.39 is 0 Å². The zero-order chi connectivity index (χ0) is 14.4. The van der Waals surface area contributed by atoms with Crippen LogP contribution in [-0.2, 0) is 0 Å². The second kappa shape index (κ2) is 4.31. The number of nitrogen functional groups attached to an aromatic ring is 1. The van der Waals surface area contributed by atoms with Crippen molar-refractivity contribution in [2.45, 2.75) is 6.92 Å². The highest BCUT2D eigenvalue weighted by Crippen LogP contribution is 2.26. The van der Waals surface area contributed by atoms with Gasteiger partial charge in [-0.3, -0.25) is 9.55 Å². The predicted molar refractivity (Wildman–Crippen MR) is 85.5 cm³/mol. The second-order valence-electron chi connectivity index (χ2n) is 5.18. The van der Waals surface area contributed by atoms with E-state index in [9.17, 15) is 0 Å². The van der Waals surface area contributed by atoms with Crippen molar-refractivity contribution in [3.05, 3.63) is 60.7 Å². The van der Waals surface area contributed by atoms with Gasteiger partial charge >= 0.3 is 0 Å². The minimum Gasteiger partial charge on any atom is -0.398 e. The molecule has 21 heavy (non-hydrogen) atoms. The first-order valence-corrected chi connectivity index (χ1v) is 6.80. The third kappa shape index (κ3) is 1.76. The third-order valence-corrected chi connectivity index (χ3v) is 3.88. The Bertz CT molecular complexity index is 969. The Balaban J connectivity index is 2.01. The van der Waals surface area contributed by atoms with Gasteiger partial charge in [-0.2, -0.15) is 0 Å². The fourth-order valence-electron chi connectivity index (χ4n) is 2.70. The number of hydrogen-bond donors (Lipinski definition) is 1. The lowest BCUT2D eigenvalue weighted by molar-refractivity contribution is 1.05. The van der Waals surface area contributed by atoms with Gasteiger partial charge in [0.25, 0.3) is 0 Å². The Kier molecular flexibility index (Phi) is 2.44. The summed E-state index contributed by atoms with van der Waals surface area (Å²) in [6.45, 7) is 2.07. The fraction of sp³-hybridized carbons (Fsp3) is 0.0588. The molecule has 0 amide bonds. The van der Waals surface area contributed by atoms with Crippen LogP contribution in [0.5, 0.6) is 0 Å². The maximum atomic E-state index is 6.11. The molecule has 4 heteroatoms. The third-order valence-electron chi connectivity index (χ3n) is 3.88. The summed E-state index contributed by atoms with van der Waals surface area (Å²) in [5.74, 6) is 0.850. The zero-order valence-electron chi connectivity index (χ0n) is 11.6. The fourth-order valence-corrected chi connectivity index (χ4v) is 2.70. The number of hydrogen-bond acceptors (Lipinski definition) is 3. The molecule has 0 radical (unpaired) electrons. The van der Waals surface area contributed by atoms with E-state index in [1.807, 2.05) is 47.4 Å². The Morgan fingerprint density at radius 3 is 2.86 bits per heavy atom. The van der Waals surface area contributed by atoms with E-state index in [-0.39, 0.29) is 0 Å². The van der Waals surface area contributed by atoms with Crippen LogP contribution < -0.4 is 5.73 Å². The lowest BCUT2D eigenvalue weighted by atomic mass is 10.1. The average Bonchev–Trinajstić information content (AvgIpc) is 2.95. The monoisotopic (exact) mass is 274 g/mol. The highest BCUT2D eigenvalue weighted by molar-refractivity contribution is 5.95. The van der Waals surface area contributed by atoms with Crippen LogP contribution in [0.4, 0.5) is 5.69 Å². The summed E-state index contributed by atoms with van der Waals surface area (Å²) in [5.41, 5.74) is 9.10. The number of rotatable bonds is 1. The van der Waals surface area contributed by atoms with Gasteiger partial charge in [-0.1, -0.05) is 6.07 Å². The van der Waals surface area contributed by atoms with E-state index in [0.717, 1.165) is 33.2 Å². The smallest absolute Gasteiger partial charge is 0.137 e. The van der Waals surface area contributed by atoms with Crippen LogP contribution in [0.2, 0.25) is 0 Å². The predicted octanol–water partition coefficient (Wildman–Crippen LogP) is 3.46. The van der Waals surface area contributed by atoms with Crippen LogP contribution in [0.3, 0.4) is 0 Å². The normalized spacial score (nSPS) is 11.3. The first-order valence-electron chi connectivity index (χ1n) is 6.80. The van der Waals surface area contributed by atoms with Crippen molar-refractivity contribution in [1.29, 1.82) is 0 Å². The standard InChI is InChI=1S/C17H14N4/c1-11-2-3-15(18)13-8-17(20-9-14(11)13)21-7-5-12-4-6-19-10-16(12)21/h2-10H,18H2,1H3. The molecular weight excluding hydrogens is 260 g/mol. The van der Waals surface area contributed by atoms with E-state index in [0.29, 0.717) is 0 Å². The molecule has 0 aliphatic rings. The topological polar surface area (TPSA) is 56.7 Å². The van der Waals surface area contributed by atoms with Crippen molar-refractivity contribution in [2.75, 3.05) is 5.73 Å². The first kappa shape index (κ1) is 11.9. The van der Waals surface area contributed by atoms with Crippen LogP contribution in [0.1, 0.15) is 5.56 Å². The van der Waals surface area contributed by atoms with E-state index in [4.69, 9.17) is 5.73 Å². The van der Waals surface area contributed by atoms with Gasteiger partial charge < -0.3 is 5.73 Å². The number of aryl methyl sites for hydroxylation is 1. The molecule has 0 fully saturated rings. The molecule has 4 nitrogen and oxygen atoms in total. The van der Waals surface area contributed by atoms with Crippen LogP contribution in [-0.4, -0.2) is 14.5 Å². The summed E-state index contributed by atoms with van der Waals surface area (Å²) in [6, 6.07) is 10.0. The SMILES string of the molecule is Cc1ccc(N)c2cc(-n3ccc4ccncc43)ncc12. The molecule has 0 unspecified atom stereocenters. The summed E-state index contributed by atoms with van der Waals surface area (Å²) in [7, 11) is 0. The molecule has 0 aliphatic carbocycles. The Morgan fingerprint density at radius 2 is 1.95 bits per heavy atom. The molecule has 0 saturated heterocycles. The lowest BCUT2D eigenvalue weighted by Gasteiger charge is -2.09. The van der Waals surface area contributed by atoms with Gasteiger partial charge in [0.05, 0.1) is 11.7 Å². The van der Waals surface area contributed by atoms with Crippen molar-refractivity contribution >= 4 is 27.4 Å². The number of nitrogens with two attached hydrogens (primary N) is 1. The molecule has 0 bridgehead atoms. The first-order chi connectivity index (χ1) is 10.2. The molecule has 0 aliphatic heterocycles. The van der Waals surface area contributed by atoms with Crippen molar-refractivity contribution in [2.24, 2.45) is 0 Å². The Morgan fingerprint density at radius 1 is 1.05 bits per heavy atom. The quantitative estimate of drug-likeness (QED) is 0.541. The molecule has 4 aromatic rings. The molecule has 0 atom stereocenters. The van der Waals surface area contributed by atoms with Crippen molar-refractivity contribution < 1.29 is 0 Å². The summed E-state index contributed by atoms with van der Waals surface area (Å²) < 4.78 is 2.03. The molecule has 1 aromatic carbocycles. The number of fused-ring (bicyclic) bond motifs is 2. The minimum atomic E-state index is 0.772. The van der Waals surface area contributed by atoms with Crippen molar-refractivity contribution in [3.8, 4) is 5.82 Å². The second-order valence-corrected chi connectivity index (χ2v) is 5.18. The zero-order valence-corrected chi connectivity index (χ0v) is 11.6. The van der Waals surface area contributed by atoms with Gasteiger partial charge in [-0.15, -0.1) is 0 Å². The highest BCUT2D eigenvalue weighted by Gasteiger charge is 2.07. The van der Waals surface area contributed by atoms with E-state index >= 15 is 0 Å². The molecule has 4 rings (SSSR count). The van der Waals surface area contributed by atoms with E-state index in [1.165, 1.54) is 5.56 Å². The number of aromatic nitrogens is 3. The van der Waals surface area contributed by atoms with Gasteiger partial charge in [0, 0.05) is 40.4 Å². The van der Waals surface area contributed by atoms with E-state index in [1.54, 1.807) is 6.20 Å². The number of nitrogens with zero attached hydrogens (tertiary/aromatic N) is 3. The molecule has 3 heterocycles. The largest absolute Gasteiger partial charge is 0.398 e. The molecule has 3 aromatic heterocycles. The summed E-state index contributed by atoms with van der Waals surface area (Å²) >= 11 is 0. The summed E-state index contributed by atoms with van der Waals surface area (Å²) in [5, 5.41) is 3.27. The van der Waals surface area contributed by atoms with Crippen LogP contribution in [0.25, 0.3) is 27.5 Å². The maximum absolute atomic E-state index is 6.11. The van der Waals surface area contributed by atoms with Crippen molar-refractivity contribution in [3.63, 3.8) is 0 Å². The average molecular weight is 274 g/mol. The maximum Gasteiger partial charge on any atom is 0.137 e. The molecule has 2 N–H and O–H groups in total. The van der Waals surface area contributed by atoms with Crippen LogP contribution in [0.15, 0.2) is 55.1 Å². The lowest BCUT2D eigenvalue weighted by Crippen LogP contribution is -1.97. The van der Waals surface area contributed by atoms with Gasteiger partial charge in [0.15, 0.2) is 0 Å². The Hall–Kier alpha value is -2.88. The summed E-state index contributed by atoms with van der Waals surface area (Å²) in [6.07, 6.45) is 7.54. The minimum absolute atomic E-state index is 0.772. The molecule has 0 spiro atoms. The Labute approximate surface area is 121 Å². The number of pyridine rings is 2. The number of anilines is 1. The van der Waals surface area contributed by atoms with E-state index in [2.05, 4.69) is 23.0 Å². The highest BCUT2D eigenvalue weighted by atomic mass is 15.1.